The Hall–Kier alpha value is -0.770. The first-order chi connectivity index (χ1) is 9.04. The quantitative estimate of drug-likeness (QED) is 0.871. The number of halogens is 1. The van der Waals surface area contributed by atoms with Gasteiger partial charge in [-0.05, 0) is 45.0 Å². The van der Waals surface area contributed by atoms with E-state index in [9.17, 15) is 5.11 Å². The molecule has 3 nitrogen and oxygen atoms in total. The van der Waals surface area contributed by atoms with Gasteiger partial charge in [-0.25, -0.2) is 0 Å². The third kappa shape index (κ3) is 3.62. The minimum atomic E-state index is -0.653. The number of hydrogen-bond donors (Lipinski definition) is 2. The van der Waals surface area contributed by atoms with Crippen LogP contribution in [-0.4, -0.2) is 24.4 Å². The fourth-order valence-corrected chi connectivity index (χ4v) is 2.71. The summed E-state index contributed by atoms with van der Waals surface area (Å²) in [7, 11) is 1.90. The molecule has 0 aliphatic heterocycles. The minimum absolute atomic E-state index is 0.159. The molecule has 0 bridgehead atoms. The number of rotatable bonds is 5. The molecule has 0 amide bonds. The second-order valence-corrected chi connectivity index (χ2v) is 5.85. The standard InChI is InChI=1S/C15H22ClNO2/c1-11(17-2)13-9-12(16)5-6-14(13)19-10-15(18)7-3-4-8-15/h5-6,9,11,17-18H,3-4,7-8,10H2,1-2H3. The highest BCUT2D eigenvalue weighted by Crippen LogP contribution is 2.33. The maximum absolute atomic E-state index is 10.3. The van der Waals surface area contributed by atoms with Crippen LogP contribution >= 0.6 is 11.6 Å². The van der Waals surface area contributed by atoms with Crippen LogP contribution in [0.1, 0.15) is 44.2 Å². The van der Waals surface area contributed by atoms with E-state index in [2.05, 4.69) is 12.2 Å². The van der Waals surface area contributed by atoms with Crippen LogP contribution < -0.4 is 10.1 Å². The molecule has 1 unspecified atom stereocenters. The number of benzene rings is 1. The van der Waals surface area contributed by atoms with Crippen molar-refractivity contribution in [3.8, 4) is 5.75 Å². The molecule has 1 aliphatic rings. The Kier molecular flexibility index (Phi) is 4.71. The zero-order chi connectivity index (χ0) is 13.9. The van der Waals surface area contributed by atoms with Crippen molar-refractivity contribution in [3.63, 3.8) is 0 Å². The van der Waals surface area contributed by atoms with Gasteiger partial charge in [0.25, 0.3) is 0 Å². The van der Waals surface area contributed by atoms with Crippen LogP contribution in [0.4, 0.5) is 0 Å². The SMILES string of the molecule is CNC(C)c1cc(Cl)ccc1OCC1(O)CCCC1. The lowest BCUT2D eigenvalue weighted by molar-refractivity contribution is 0.00102. The third-order valence-corrected chi connectivity index (χ3v) is 4.14. The summed E-state index contributed by atoms with van der Waals surface area (Å²) in [5, 5.41) is 14.2. The van der Waals surface area contributed by atoms with Crippen molar-refractivity contribution in [2.75, 3.05) is 13.7 Å². The first kappa shape index (κ1) is 14.6. The van der Waals surface area contributed by atoms with E-state index in [0.29, 0.717) is 11.6 Å². The average Bonchev–Trinajstić information content (AvgIpc) is 2.83. The van der Waals surface area contributed by atoms with Crippen LogP contribution in [0.5, 0.6) is 5.75 Å². The molecule has 2 N–H and O–H groups in total. The molecule has 1 aliphatic carbocycles. The van der Waals surface area contributed by atoms with E-state index in [-0.39, 0.29) is 6.04 Å². The van der Waals surface area contributed by atoms with Crippen molar-refractivity contribution in [1.82, 2.24) is 5.32 Å². The van der Waals surface area contributed by atoms with E-state index in [1.165, 1.54) is 0 Å². The Balaban J connectivity index is 2.10. The van der Waals surface area contributed by atoms with Crippen molar-refractivity contribution in [3.05, 3.63) is 28.8 Å². The van der Waals surface area contributed by atoms with E-state index in [1.807, 2.05) is 25.2 Å². The Labute approximate surface area is 119 Å². The number of nitrogens with one attached hydrogen (secondary N) is 1. The summed E-state index contributed by atoms with van der Waals surface area (Å²) in [6, 6.07) is 5.77. The number of ether oxygens (including phenoxy) is 1. The van der Waals surface area contributed by atoms with Crippen molar-refractivity contribution in [2.45, 2.75) is 44.2 Å². The van der Waals surface area contributed by atoms with Gasteiger partial charge in [0, 0.05) is 16.6 Å². The van der Waals surface area contributed by atoms with Gasteiger partial charge in [0.15, 0.2) is 0 Å². The largest absolute Gasteiger partial charge is 0.490 e. The van der Waals surface area contributed by atoms with Crippen LogP contribution in [0.15, 0.2) is 18.2 Å². The fourth-order valence-electron chi connectivity index (χ4n) is 2.53. The lowest BCUT2D eigenvalue weighted by Gasteiger charge is -2.24. The van der Waals surface area contributed by atoms with E-state index in [1.54, 1.807) is 0 Å². The first-order valence-corrected chi connectivity index (χ1v) is 7.24. The molecule has 1 aromatic carbocycles. The summed E-state index contributed by atoms with van der Waals surface area (Å²) >= 11 is 6.04. The Morgan fingerprint density at radius 2 is 2.11 bits per heavy atom. The molecule has 106 valence electrons. The number of aliphatic hydroxyl groups is 1. The van der Waals surface area contributed by atoms with E-state index in [0.717, 1.165) is 37.0 Å². The molecule has 4 heteroatoms. The van der Waals surface area contributed by atoms with Crippen molar-refractivity contribution in [2.24, 2.45) is 0 Å². The number of hydrogen-bond acceptors (Lipinski definition) is 3. The maximum Gasteiger partial charge on any atom is 0.124 e. The normalized spacial score (nSPS) is 19.4. The summed E-state index contributed by atoms with van der Waals surface area (Å²) in [4.78, 5) is 0. The summed E-state index contributed by atoms with van der Waals surface area (Å²) < 4.78 is 5.85. The van der Waals surface area contributed by atoms with Gasteiger partial charge in [-0.3, -0.25) is 0 Å². The van der Waals surface area contributed by atoms with Gasteiger partial charge < -0.3 is 15.2 Å². The first-order valence-electron chi connectivity index (χ1n) is 6.86. The molecular weight excluding hydrogens is 262 g/mol. The van der Waals surface area contributed by atoms with E-state index in [4.69, 9.17) is 16.3 Å². The fraction of sp³-hybridized carbons (Fsp3) is 0.600. The highest BCUT2D eigenvalue weighted by Gasteiger charge is 2.32. The smallest absolute Gasteiger partial charge is 0.124 e. The molecule has 1 aromatic rings. The molecule has 0 saturated heterocycles. The second-order valence-electron chi connectivity index (χ2n) is 5.41. The van der Waals surface area contributed by atoms with Gasteiger partial charge in [0.2, 0.25) is 0 Å². The van der Waals surface area contributed by atoms with E-state index >= 15 is 0 Å². The van der Waals surface area contributed by atoms with Gasteiger partial charge in [-0.1, -0.05) is 24.4 Å². The highest BCUT2D eigenvalue weighted by atomic mass is 35.5. The van der Waals surface area contributed by atoms with Gasteiger partial charge in [-0.2, -0.15) is 0 Å². The summed E-state index contributed by atoms with van der Waals surface area (Å²) in [6.45, 7) is 2.42. The molecule has 1 fully saturated rings. The topological polar surface area (TPSA) is 41.5 Å². The lowest BCUT2D eigenvalue weighted by Crippen LogP contribution is -2.32. The van der Waals surface area contributed by atoms with Gasteiger partial charge >= 0.3 is 0 Å². The Bertz CT molecular complexity index is 430. The predicted molar refractivity (Wildman–Crippen MR) is 77.8 cm³/mol. The molecule has 19 heavy (non-hydrogen) atoms. The molecule has 1 saturated carbocycles. The second kappa shape index (κ2) is 6.12. The molecule has 0 heterocycles. The van der Waals surface area contributed by atoms with Crippen LogP contribution in [0.25, 0.3) is 0 Å². The summed E-state index contributed by atoms with van der Waals surface area (Å²) in [5.41, 5.74) is 0.372. The average molecular weight is 284 g/mol. The Morgan fingerprint density at radius 1 is 1.42 bits per heavy atom. The van der Waals surface area contributed by atoms with Gasteiger partial charge in [0.1, 0.15) is 12.4 Å². The lowest BCUT2D eigenvalue weighted by atomic mass is 10.0. The Morgan fingerprint density at radius 3 is 2.74 bits per heavy atom. The monoisotopic (exact) mass is 283 g/mol. The zero-order valence-electron chi connectivity index (χ0n) is 11.6. The van der Waals surface area contributed by atoms with Gasteiger partial charge in [-0.15, -0.1) is 0 Å². The maximum atomic E-state index is 10.3. The third-order valence-electron chi connectivity index (χ3n) is 3.90. The molecule has 0 spiro atoms. The van der Waals surface area contributed by atoms with Crippen molar-refractivity contribution >= 4 is 11.6 Å². The zero-order valence-corrected chi connectivity index (χ0v) is 12.3. The van der Waals surface area contributed by atoms with Crippen LogP contribution in [0.3, 0.4) is 0 Å². The van der Waals surface area contributed by atoms with E-state index < -0.39 is 5.60 Å². The minimum Gasteiger partial charge on any atom is -0.490 e. The van der Waals surface area contributed by atoms with Crippen LogP contribution in [0, 0.1) is 0 Å². The van der Waals surface area contributed by atoms with Crippen molar-refractivity contribution < 1.29 is 9.84 Å². The summed E-state index contributed by atoms with van der Waals surface area (Å²) in [5.74, 6) is 0.798. The highest BCUT2D eigenvalue weighted by molar-refractivity contribution is 6.30. The molecule has 0 radical (unpaired) electrons. The van der Waals surface area contributed by atoms with Crippen LogP contribution in [0.2, 0.25) is 5.02 Å². The van der Waals surface area contributed by atoms with Gasteiger partial charge in [0.05, 0.1) is 5.60 Å². The molecule has 2 rings (SSSR count). The van der Waals surface area contributed by atoms with Crippen molar-refractivity contribution in [1.29, 1.82) is 0 Å². The molecule has 1 atom stereocenters. The van der Waals surface area contributed by atoms with Crippen LogP contribution in [-0.2, 0) is 0 Å². The summed E-state index contributed by atoms with van der Waals surface area (Å²) in [6.07, 6.45) is 3.83. The molecular formula is C15H22ClNO2. The predicted octanol–water partition coefficient (Wildman–Crippen LogP) is 3.30. The molecule has 0 aromatic heterocycles.